The zero-order valence-corrected chi connectivity index (χ0v) is 19.0. The molecule has 0 aromatic carbocycles. The third-order valence-electron chi connectivity index (χ3n) is 5.96. The van der Waals surface area contributed by atoms with Gasteiger partial charge in [-0.1, -0.05) is 6.92 Å². The van der Waals surface area contributed by atoms with Crippen molar-refractivity contribution >= 4 is 17.3 Å². The van der Waals surface area contributed by atoms with E-state index in [4.69, 9.17) is 14.8 Å². The van der Waals surface area contributed by atoms with Gasteiger partial charge in [0.15, 0.2) is 11.5 Å². The summed E-state index contributed by atoms with van der Waals surface area (Å²) in [5, 5.41) is 15.4. The molecule has 0 unspecified atom stereocenters. The number of hydrogen-bond acceptors (Lipinski definition) is 7. The van der Waals surface area contributed by atoms with Crippen molar-refractivity contribution in [1.29, 1.82) is 0 Å². The molecule has 5 heterocycles. The van der Waals surface area contributed by atoms with Gasteiger partial charge >= 0.3 is 0 Å². The number of anilines is 2. The van der Waals surface area contributed by atoms with E-state index >= 15 is 0 Å². The highest BCUT2D eigenvalue weighted by molar-refractivity contribution is 5.61. The molecule has 0 bridgehead atoms. The fraction of sp³-hybridized carbons (Fsp3) is 0.391. The number of aromatic amines is 1. The smallest absolute Gasteiger partial charge is 0.161 e. The quantitative estimate of drug-likeness (QED) is 0.465. The van der Waals surface area contributed by atoms with Gasteiger partial charge in [-0.3, -0.25) is 15.0 Å². The summed E-state index contributed by atoms with van der Waals surface area (Å²) in [7, 11) is 0. The number of aromatic nitrogens is 6. The van der Waals surface area contributed by atoms with Crippen molar-refractivity contribution in [3.63, 3.8) is 0 Å². The molecule has 0 spiro atoms. The molecule has 1 aliphatic heterocycles. The van der Waals surface area contributed by atoms with E-state index < -0.39 is 0 Å². The maximum atomic E-state index is 13.4. The molecule has 4 aromatic heterocycles. The van der Waals surface area contributed by atoms with E-state index in [0.29, 0.717) is 11.6 Å². The summed E-state index contributed by atoms with van der Waals surface area (Å²) >= 11 is 0. The zero-order chi connectivity index (χ0) is 22.9. The molecule has 0 aliphatic carbocycles. The second-order valence-electron chi connectivity index (χ2n) is 8.44. The van der Waals surface area contributed by atoms with Crippen molar-refractivity contribution < 1.29 is 9.13 Å². The molecule has 1 atom stereocenters. The standard InChI is InChI=1S/C23H27FN8O/c1-14-10-21(29-28-14)26-20-11-18(13-31-6-8-33-9-7-31)32-23(27-20)22(16(3)30-32)15(2)19-5-4-17(24)12-25-19/h4-5,10-12,15H,6-9,13H2,1-3H3,(H2,26,27,28,29)/t15-/m1/s1. The molecule has 10 heteroatoms. The first-order valence-corrected chi connectivity index (χ1v) is 11.1. The fourth-order valence-electron chi connectivity index (χ4n) is 4.28. The highest BCUT2D eigenvalue weighted by Crippen LogP contribution is 2.30. The first-order chi connectivity index (χ1) is 16.0. The third kappa shape index (κ3) is 4.44. The summed E-state index contributed by atoms with van der Waals surface area (Å²) in [5.41, 5.74) is 5.35. The maximum Gasteiger partial charge on any atom is 0.161 e. The number of ether oxygens (including phenoxy) is 1. The van der Waals surface area contributed by atoms with Gasteiger partial charge in [-0.15, -0.1) is 0 Å². The van der Waals surface area contributed by atoms with E-state index in [2.05, 4.69) is 25.4 Å². The Morgan fingerprint density at radius 1 is 1.18 bits per heavy atom. The fourth-order valence-corrected chi connectivity index (χ4v) is 4.28. The number of halogens is 1. The van der Waals surface area contributed by atoms with Gasteiger partial charge in [0, 0.05) is 54.6 Å². The molecule has 9 nitrogen and oxygen atoms in total. The number of morpholine rings is 1. The molecule has 1 saturated heterocycles. The zero-order valence-electron chi connectivity index (χ0n) is 19.0. The SMILES string of the molecule is Cc1cc(Nc2cc(CN3CCOCC3)n3nc(C)c([C@H](C)c4ccc(F)cn4)c3n2)n[nH]1. The molecule has 1 fully saturated rings. The van der Waals surface area contributed by atoms with E-state index in [-0.39, 0.29) is 11.7 Å². The van der Waals surface area contributed by atoms with Crippen LogP contribution in [0, 0.1) is 19.7 Å². The Balaban J connectivity index is 1.59. The van der Waals surface area contributed by atoms with Crippen LogP contribution in [-0.4, -0.2) is 61.0 Å². The van der Waals surface area contributed by atoms with Gasteiger partial charge < -0.3 is 10.1 Å². The van der Waals surface area contributed by atoms with Crippen molar-refractivity contribution in [3.05, 3.63) is 64.6 Å². The van der Waals surface area contributed by atoms with E-state index in [0.717, 1.165) is 66.8 Å². The normalized spacial score (nSPS) is 15.8. The number of fused-ring (bicyclic) bond motifs is 1. The molecule has 4 aromatic rings. The molecular weight excluding hydrogens is 423 g/mol. The molecule has 0 saturated carbocycles. The van der Waals surface area contributed by atoms with E-state index in [1.807, 2.05) is 37.4 Å². The average Bonchev–Trinajstić information content (AvgIpc) is 3.36. The van der Waals surface area contributed by atoms with Crippen LogP contribution in [-0.2, 0) is 11.3 Å². The Kier molecular flexibility index (Phi) is 5.77. The van der Waals surface area contributed by atoms with Gasteiger partial charge in [0.1, 0.15) is 11.6 Å². The number of rotatable bonds is 6. The van der Waals surface area contributed by atoms with E-state index in [9.17, 15) is 4.39 Å². The topological polar surface area (TPSA) is 96.3 Å². The Morgan fingerprint density at radius 2 is 2.00 bits per heavy atom. The minimum Gasteiger partial charge on any atom is -0.379 e. The summed E-state index contributed by atoms with van der Waals surface area (Å²) < 4.78 is 20.9. The summed E-state index contributed by atoms with van der Waals surface area (Å²) in [6.07, 6.45) is 1.25. The summed E-state index contributed by atoms with van der Waals surface area (Å²) in [4.78, 5) is 11.6. The Morgan fingerprint density at radius 3 is 2.70 bits per heavy atom. The highest BCUT2D eigenvalue weighted by Gasteiger charge is 2.23. The van der Waals surface area contributed by atoms with Crippen molar-refractivity contribution in [2.45, 2.75) is 33.2 Å². The van der Waals surface area contributed by atoms with Crippen LogP contribution in [0.15, 0.2) is 30.5 Å². The molecule has 172 valence electrons. The Hall–Kier alpha value is -3.37. The van der Waals surface area contributed by atoms with Crippen LogP contribution in [0.5, 0.6) is 0 Å². The molecule has 33 heavy (non-hydrogen) atoms. The lowest BCUT2D eigenvalue weighted by molar-refractivity contribution is 0.0334. The van der Waals surface area contributed by atoms with Crippen LogP contribution in [0.1, 0.15) is 41.2 Å². The molecule has 1 aliphatic rings. The van der Waals surface area contributed by atoms with Crippen LogP contribution < -0.4 is 5.32 Å². The lowest BCUT2D eigenvalue weighted by Gasteiger charge is -2.26. The van der Waals surface area contributed by atoms with Crippen LogP contribution in [0.2, 0.25) is 0 Å². The lowest BCUT2D eigenvalue weighted by Crippen LogP contribution is -2.36. The van der Waals surface area contributed by atoms with Gasteiger partial charge in [0.2, 0.25) is 0 Å². The second-order valence-corrected chi connectivity index (χ2v) is 8.44. The third-order valence-corrected chi connectivity index (χ3v) is 5.96. The first kappa shape index (κ1) is 21.5. The molecule has 0 amide bonds. The van der Waals surface area contributed by atoms with Crippen molar-refractivity contribution in [3.8, 4) is 0 Å². The summed E-state index contributed by atoms with van der Waals surface area (Å²) in [5.74, 6) is 0.939. The lowest BCUT2D eigenvalue weighted by atomic mass is 9.97. The summed E-state index contributed by atoms with van der Waals surface area (Å²) in [6, 6.07) is 7.10. The van der Waals surface area contributed by atoms with E-state index in [1.165, 1.54) is 12.3 Å². The minimum absolute atomic E-state index is 0.102. The van der Waals surface area contributed by atoms with Gasteiger partial charge in [0.05, 0.1) is 30.8 Å². The Labute approximate surface area is 191 Å². The number of pyridine rings is 1. The minimum atomic E-state index is -0.353. The van der Waals surface area contributed by atoms with Crippen molar-refractivity contribution in [1.82, 2.24) is 34.7 Å². The second kappa shape index (κ2) is 8.87. The predicted molar refractivity (Wildman–Crippen MR) is 122 cm³/mol. The first-order valence-electron chi connectivity index (χ1n) is 11.1. The number of nitrogens with one attached hydrogen (secondary N) is 2. The molecule has 2 N–H and O–H groups in total. The average molecular weight is 451 g/mol. The van der Waals surface area contributed by atoms with Gasteiger partial charge in [-0.25, -0.2) is 13.9 Å². The van der Waals surface area contributed by atoms with Crippen molar-refractivity contribution in [2.75, 3.05) is 31.6 Å². The van der Waals surface area contributed by atoms with Gasteiger partial charge in [0.25, 0.3) is 0 Å². The van der Waals surface area contributed by atoms with Crippen LogP contribution in [0.25, 0.3) is 5.65 Å². The van der Waals surface area contributed by atoms with E-state index in [1.54, 1.807) is 6.07 Å². The molecular formula is C23H27FN8O. The van der Waals surface area contributed by atoms with Crippen molar-refractivity contribution in [2.24, 2.45) is 0 Å². The van der Waals surface area contributed by atoms with Crippen LogP contribution in [0.3, 0.4) is 0 Å². The number of hydrogen-bond donors (Lipinski definition) is 2. The molecule has 5 rings (SSSR count). The predicted octanol–water partition coefficient (Wildman–Crippen LogP) is 3.33. The van der Waals surface area contributed by atoms with Gasteiger partial charge in [-0.2, -0.15) is 10.2 Å². The maximum absolute atomic E-state index is 13.4. The number of aryl methyl sites for hydroxylation is 2. The number of H-pyrrole nitrogens is 1. The monoisotopic (exact) mass is 450 g/mol. The Bertz CT molecular complexity index is 1260. The largest absolute Gasteiger partial charge is 0.379 e. The number of nitrogens with zero attached hydrogens (tertiary/aromatic N) is 6. The van der Waals surface area contributed by atoms with Crippen LogP contribution >= 0.6 is 0 Å². The van der Waals surface area contributed by atoms with Crippen LogP contribution in [0.4, 0.5) is 16.0 Å². The summed E-state index contributed by atoms with van der Waals surface area (Å²) in [6.45, 7) is 9.89. The molecule has 0 radical (unpaired) electrons. The highest BCUT2D eigenvalue weighted by atomic mass is 19.1. The van der Waals surface area contributed by atoms with Gasteiger partial charge in [-0.05, 0) is 26.0 Å².